The minimum atomic E-state index is -1.54. The second kappa shape index (κ2) is 7.59. The minimum Gasteiger partial charge on any atom is -0.353 e. The summed E-state index contributed by atoms with van der Waals surface area (Å²) in [5.74, 6) is -4.26. The lowest BCUT2D eigenvalue weighted by Crippen LogP contribution is -2.12. The zero-order valence-corrected chi connectivity index (χ0v) is 14.2. The number of hydrogen-bond donors (Lipinski definition) is 2. The summed E-state index contributed by atoms with van der Waals surface area (Å²) in [4.78, 5) is 0. The van der Waals surface area contributed by atoms with E-state index >= 15 is 0 Å². The van der Waals surface area contributed by atoms with Crippen molar-refractivity contribution < 1.29 is 22.0 Å². The molecule has 2 N–H and O–H groups in total. The third-order valence-electron chi connectivity index (χ3n) is 3.64. The lowest BCUT2D eigenvalue weighted by Gasteiger charge is -2.17. The smallest absolute Gasteiger partial charge is 0.173 e. The van der Waals surface area contributed by atoms with Crippen molar-refractivity contribution in [3.8, 4) is 0 Å². The van der Waals surface area contributed by atoms with E-state index in [0.29, 0.717) is 5.56 Å². The van der Waals surface area contributed by atoms with Crippen molar-refractivity contribution in [2.75, 3.05) is 10.6 Å². The largest absolute Gasteiger partial charge is 0.353 e. The Morgan fingerprint density at radius 2 is 1.62 bits per heavy atom. The molecule has 7 heteroatoms. The van der Waals surface area contributed by atoms with E-state index < -0.39 is 35.1 Å². The summed E-state index contributed by atoms with van der Waals surface area (Å²) in [6.45, 7) is 9.64. The van der Waals surface area contributed by atoms with Crippen LogP contribution in [0.3, 0.4) is 0 Å². The number of anilines is 2. The van der Waals surface area contributed by atoms with E-state index in [-0.39, 0.29) is 22.6 Å². The summed E-state index contributed by atoms with van der Waals surface area (Å²) in [5, 5.41) is 4.72. The van der Waals surface area contributed by atoms with Crippen LogP contribution in [0.15, 0.2) is 43.1 Å². The zero-order chi connectivity index (χ0) is 19.6. The molecule has 0 aromatic heterocycles. The van der Waals surface area contributed by atoms with Crippen LogP contribution in [0, 0.1) is 30.2 Å². The first-order chi connectivity index (χ1) is 12.1. The third kappa shape index (κ3) is 4.04. The van der Waals surface area contributed by atoms with Crippen LogP contribution in [0.1, 0.15) is 18.1 Å². The molecule has 1 unspecified atom stereocenters. The van der Waals surface area contributed by atoms with Gasteiger partial charge in [-0.3, -0.25) is 0 Å². The molecule has 0 aliphatic carbocycles. The van der Waals surface area contributed by atoms with Crippen LogP contribution in [0.25, 0.3) is 5.70 Å². The number of hydrogen-bond acceptors (Lipinski definition) is 2. The van der Waals surface area contributed by atoms with Gasteiger partial charge in [0.15, 0.2) is 17.5 Å². The Bertz CT molecular complexity index is 875. The van der Waals surface area contributed by atoms with Gasteiger partial charge in [0.25, 0.3) is 0 Å². The molecule has 1 atom stereocenters. The minimum absolute atomic E-state index is 0.126. The summed E-state index contributed by atoms with van der Waals surface area (Å²) >= 11 is 0. The summed E-state index contributed by atoms with van der Waals surface area (Å²) in [7, 11) is 0. The first kappa shape index (κ1) is 19.5. The molecule has 0 saturated heterocycles. The molecule has 2 aromatic carbocycles. The molecule has 0 radical (unpaired) electrons. The summed E-state index contributed by atoms with van der Waals surface area (Å²) in [5.41, 5.74) is -0.975. The Morgan fingerprint density at radius 1 is 0.962 bits per heavy atom. The first-order valence-electron chi connectivity index (χ1n) is 7.61. The number of rotatable bonds is 6. The predicted molar refractivity (Wildman–Crippen MR) is 93.4 cm³/mol. The molecule has 0 aliphatic heterocycles. The van der Waals surface area contributed by atoms with Crippen molar-refractivity contribution in [3.05, 3.63) is 77.5 Å². The van der Waals surface area contributed by atoms with Crippen molar-refractivity contribution >= 4 is 17.1 Å². The van der Waals surface area contributed by atoms with Gasteiger partial charge in [0, 0.05) is 17.0 Å². The normalized spacial score (nSPS) is 11.8. The van der Waals surface area contributed by atoms with Crippen molar-refractivity contribution in [3.63, 3.8) is 0 Å². The van der Waals surface area contributed by atoms with Gasteiger partial charge in [0.1, 0.15) is 17.7 Å². The zero-order valence-electron chi connectivity index (χ0n) is 14.2. The van der Waals surface area contributed by atoms with Gasteiger partial charge in [-0.1, -0.05) is 13.2 Å². The van der Waals surface area contributed by atoms with Crippen LogP contribution >= 0.6 is 0 Å². The molecule has 0 fully saturated rings. The lowest BCUT2D eigenvalue weighted by atomic mass is 10.1. The maximum atomic E-state index is 14.6. The number of benzene rings is 2. The highest BCUT2D eigenvalue weighted by Gasteiger charge is 2.18. The maximum Gasteiger partial charge on any atom is 0.173 e. The Kier molecular flexibility index (Phi) is 5.69. The van der Waals surface area contributed by atoms with E-state index in [9.17, 15) is 22.0 Å². The number of allylic oxidation sites excluding steroid dienone is 1. The van der Waals surface area contributed by atoms with Crippen molar-refractivity contribution in [2.45, 2.75) is 20.0 Å². The van der Waals surface area contributed by atoms with Gasteiger partial charge in [0.2, 0.25) is 0 Å². The SMILES string of the molecule is C=C(Nc1ccc(F)c(NC(=C)C(C)F)c1F)c1cc(C)cc(F)c1F. The second-order valence-corrected chi connectivity index (χ2v) is 5.76. The molecule has 138 valence electrons. The Hall–Kier alpha value is -2.83. The fourth-order valence-electron chi connectivity index (χ4n) is 2.20. The van der Waals surface area contributed by atoms with Crippen LogP contribution in [0.2, 0.25) is 0 Å². The van der Waals surface area contributed by atoms with Gasteiger partial charge in [-0.05, 0) is 43.7 Å². The number of halogens is 5. The monoisotopic (exact) mass is 368 g/mol. The molecular weight excluding hydrogens is 351 g/mol. The number of alkyl halides is 1. The molecule has 0 amide bonds. The molecule has 2 aromatic rings. The molecule has 26 heavy (non-hydrogen) atoms. The van der Waals surface area contributed by atoms with E-state index in [1.54, 1.807) is 6.92 Å². The molecule has 0 saturated carbocycles. The van der Waals surface area contributed by atoms with Crippen LogP contribution in [-0.2, 0) is 0 Å². The van der Waals surface area contributed by atoms with Gasteiger partial charge in [-0.15, -0.1) is 0 Å². The quantitative estimate of drug-likeness (QED) is 0.619. The van der Waals surface area contributed by atoms with Crippen LogP contribution in [0.5, 0.6) is 0 Å². The highest BCUT2D eigenvalue weighted by atomic mass is 19.2. The van der Waals surface area contributed by atoms with Crippen LogP contribution in [0.4, 0.5) is 33.3 Å². The standard InChI is InChI=1S/C19H17F5N2/c1-9-7-13(17(23)15(22)8-9)12(4)25-16-6-5-14(21)19(18(16)24)26-11(3)10(2)20/h5-8,10,25-26H,3-4H2,1-2H3. The molecule has 0 spiro atoms. The third-order valence-corrected chi connectivity index (χ3v) is 3.64. The number of nitrogens with one attached hydrogen (secondary N) is 2. The van der Waals surface area contributed by atoms with E-state index in [1.165, 1.54) is 6.07 Å². The Labute approximate surface area is 148 Å². The van der Waals surface area contributed by atoms with E-state index in [4.69, 9.17) is 0 Å². The van der Waals surface area contributed by atoms with Crippen LogP contribution < -0.4 is 10.6 Å². The van der Waals surface area contributed by atoms with E-state index in [2.05, 4.69) is 23.8 Å². The van der Waals surface area contributed by atoms with Crippen LogP contribution in [-0.4, -0.2) is 6.17 Å². The fraction of sp³-hybridized carbons (Fsp3) is 0.158. The Morgan fingerprint density at radius 3 is 2.23 bits per heavy atom. The fourth-order valence-corrected chi connectivity index (χ4v) is 2.20. The maximum absolute atomic E-state index is 14.6. The van der Waals surface area contributed by atoms with Gasteiger partial charge < -0.3 is 10.6 Å². The highest BCUT2D eigenvalue weighted by molar-refractivity contribution is 5.78. The Balaban J connectivity index is 2.36. The average Bonchev–Trinajstić information content (AvgIpc) is 2.56. The van der Waals surface area contributed by atoms with E-state index in [1.807, 2.05) is 0 Å². The molecular formula is C19H17F5N2. The molecule has 2 nitrogen and oxygen atoms in total. The molecule has 0 heterocycles. The van der Waals surface area contributed by atoms with Crippen molar-refractivity contribution in [1.82, 2.24) is 0 Å². The topological polar surface area (TPSA) is 24.1 Å². The first-order valence-corrected chi connectivity index (χ1v) is 7.61. The summed E-state index contributed by atoms with van der Waals surface area (Å²) in [6, 6.07) is 4.34. The summed E-state index contributed by atoms with van der Waals surface area (Å²) < 4.78 is 69.1. The predicted octanol–water partition coefficient (Wildman–Crippen LogP) is 5.92. The molecule has 0 bridgehead atoms. The second-order valence-electron chi connectivity index (χ2n) is 5.76. The van der Waals surface area contributed by atoms with Gasteiger partial charge in [0.05, 0.1) is 5.69 Å². The lowest BCUT2D eigenvalue weighted by molar-refractivity contribution is 0.413. The van der Waals surface area contributed by atoms with Crippen molar-refractivity contribution in [2.24, 2.45) is 0 Å². The van der Waals surface area contributed by atoms with Gasteiger partial charge >= 0.3 is 0 Å². The molecule has 2 rings (SSSR count). The number of aryl methyl sites for hydroxylation is 1. The summed E-state index contributed by atoms with van der Waals surface area (Å²) in [6.07, 6.45) is -1.54. The van der Waals surface area contributed by atoms with Crippen molar-refractivity contribution in [1.29, 1.82) is 0 Å². The highest BCUT2D eigenvalue weighted by Crippen LogP contribution is 2.30. The van der Waals surface area contributed by atoms with Gasteiger partial charge in [-0.25, -0.2) is 22.0 Å². The van der Waals surface area contributed by atoms with Gasteiger partial charge in [-0.2, -0.15) is 0 Å². The molecule has 0 aliphatic rings. The average molecular weight is 368 g/mol. The van der Waals surface area contributed by atoms with E-state index in [0.717, 1.165) is 25.1 Å².